The van der Waals surface area contributed by atoms with Crippen LogP contribution in [0.3, 0.4) is 0 Å². The zero-order chi connectivity index (χ0) is 21.0. The molecule has 150 valence electrons. The molecule has 0 aromatic heterocycles. The van der Waals surface area contributed by atoms with Gasteiger partial charge in [-0.3, -0.25) is 9.59 Å². The number of benzene rings is 2. The van der Waals surface area contributed by atoms with E-state index in [2.05, 4.69) is 0 Å². The largest absolute Gasteiger partial charge is 0.493 e. The summed E-state index contributed by atoms with van der Waals surface area (Å²) in [4.78, 5) is 27.0. The maximum absolute atomic E-state index is 13.2. The van der Waals surface area contributed by atoms with Crippen molar-refractivity contribution in [3.63, 3.8) is 0 Å². The first-order chi connectivity index (χ1) is 14.0. The fourth-order valence-electron chi connectivity index (χ4n) is 3.62. The van der Waals surface area contributed by atoms with Crippen LogP contribution in [0.2, 0.25) is 0 Å². The van der Waals surface area contributed by atoms with Gasteiger partial charge in [-0.05, 0) is 47.9 Å². The fourth-order valence-corrected chi connectivity index (χ4v) is 3.62. The number of carbonyl (C=O) groups excluding carboxylic acids is 2. The van der Waals surface area contributed by atoms with Crippen LogP contribution in [0, 0.1) is 11.3 Å². The normalized spacial score (nSPS) is 15.1. The topological polar surface area (TPSA) is 88.9 Å². The molecule has 1 atom stereocenters. The number of carbonyl (C=O) groups is 2. The molecular formula is C22H22N2O5. The second kappa shape index (κ2) is 8.65. The SMILES string of the molecule is COC(=O)CC1c2cc(OC)c(OC)cc2CCN1C(=O)c1cccc(C#N)c1. The van der Waals surface area contributed by atoms with Crippen LogP contribution in [-0.2, 0) is 16.0 Å². The molecule has 1 aliphatic rings. The van der Waals surface area contributed by atoms with E-state index in [-0.39, 0.29) is 12.3 Å². The molecule has 0 bridgehead atoms. The minimum absolute atomic E-state index is 0.0165. The lowest BCUT2D eigenvalue weighted by molar-refractivity contribution is -0.141. The Morgan fingerprint density at radius 2 is 1.86 bits per heavy atom. The number of nitriles is 1. The molecule has 1 heterocycles. The van der Waals surface area contributed by atoms with E-state index in [1.165, 1.54) is 7.11 Å². The average Bonchev–Trinajstić information content (AvgIpc) is 2.77. The standard InChI is InChI=1S/C22H22N2O5/c1-27-19-10-15-7-8-24(22(26)16-6-4-5-14(9-16)13-23)18(12-21(25)29-3)17(15)11-20(19)28-2/h4-6,9-11,18H,7-8,12H2,1-3H3. The highest BCUT2D eigenvalue weighted by Gasteiger charge is 2.34. The molecule has 7 nitrogen and oxygen atoms in total. The van der Waals surface area contributed by atoms with Crippen molar-refractivity contribution in [1.82, 2.24) is 4.90 Å². The molecule has 2 aromatic rings. The Balaban J connectivity index is 2.05. The van der Waals surface area contributed by atoms with Gasteiger partial charge in [0.05, 0.1) is 45.4 Å². The quantitative estimate of drug-likeness (QED) is 0.725. The Morgan fingerprint density at radius 3 is 2.52 bits per heavy atom. The number of esters is 1. The van der Waals surface area contributed by atoms with Gasteiger partial charge >= 0.3 is 5.97 Å². The van der Waals surface area contributed by atoms with Crippen molar-refractivity contribution < 1.29 is 23.8 Å². The van der Waals surface area contributed by atoms with E-state index in [1.54, 1.807) is 43.4 Å². The predicted molar refractivity (Wildman–Crippen MR) is 105 cm³/mol. The molecule has 0 fully saturated rings. The van der Waals surface area contributed by atoms with Crippen LogP contribution in [0.5, 0.6) is 11.5 Å². The number of hydrogen-bond acceptors (Lipinski definition) is 6. The molecule has 1 amide bonds. The van der Waals surface area contributed by atoms with E-state index >= 15 is 0 Å². The second-order valence-electron chi connectivity index (χ2n) is 6.64. The summed E-state index contributed by atoms with van der Waals surface area (Å²) in [6, 6.07) is 11.8. The van der Waals surface area contributed by atoms with Gasteiger partial charge in [0.15, 0.2) is 11.5 Å². The molecule has 1 aliphatic heterocycles. The van der Waals surface area contributed by atoms with Crippen molar-refractivity contribution in [2.24, 2.45) is 0 Å². The van der Waals surface area contributed by atoms with Gasteiger partial charge in [-0.2, -0.15) is 5.26 Å². The van der Waals surface area contributed by atoms with Gasteiger partial charge in [0, 0.05) is 12.1 Å². The van der Waals surface area contributed by atoms with Gasteiger partial charge in [-0.15, -0.1) is 0 Å². The minimum Gasteiger partial charge on any atom is -0.493 e. The van der Waals surface area contributed by atoms with Crippen LogP contribution in [0.1, 0.15) is 39.5 Å². The first kappa shape index (κ1) is 20.2. The second-order valence-corrected chi connectivity index (χ2v) is 6.64. The Hall–Kier alpha value is -3.53. The molecule has 29 heavy (non-hydrogen) atoms. The van der Waals surface area contributed by atoms with Crippen LogP contribution in [0.25, 0.3) is 0 Å². The lowest BCUT2D eigenvalue weighted by Gasteiger charge is -2.37. The van der Waals surface area contributed by atoms with Crippen LogP contribution in [-0.4, -0.2) is 44.7 Å². The maximum atomic E-state index is 13.2. The van der Waals surface area contributed by atoms with E-state index in [4.69, 9.17) is 19.5 Å². The van der Waals surface area contributed by atoms with Crippen molar-refractivity contribution in [3.8, 4) is 17.6 Å². The lowest BCUT2D eigenvalue weighted by atomic mass is 9.89. The van der Waals surface area contributed by atoms with Crippen molar-refractivity contribution in [2.75, 3.05) is 27.9 Å². The summed E-state index contributed by atoms with van der Waals surface area (Å²) in [5, 5.41) is 9.13. The Bertz CT molecular complexity index is 980. The lowest BCUT2D eigenvalue weighted by Crippen LogP contribution is -2.41. The molecule has 0 saturated carbocycles. The van der Waals surface area contributed by atoms with Gasteiger partial charge in [0.1, 0.15) is 0 Å². The van der Waals surface area contributed by atoms with Gasteiger partial charge in [0.25, 0.3) is 5.91 Å². The summed E-state index contributed by atoms with van der Waals surface area (Å²) in [6.45, 7) is 0.430. The summed E-state index contributed by atoms with van der Waals surface area (Å²) in [5.74, 6) is 0.476. The van der Waals surface area contributed by atoms with Crippen LogP contribution in [0.15, 0.2) is 36.4 Å². The summed E-state index contributed by atoms with van der Waals surface area (Å²) >= 11 is 0. The van der Waals surface area contributed by atoms with E-state index < -0.39 is 12.0 Å². The fraction of sp³-hybridized carbons (Fsp3) is 0.318. The zero-order valence-corrected chi connectivity index (χ0v) is 16.6. The molecule has 0 spiro atoms. The molecule has 7 heteroatoms. The van der Waals surface area contributed by atoms with Crippen LogP contribution in [0.4, 0.5) is 0 Å². The van der Waals surface area contributed by atoms with Crippen LogP contribution < -0.4 is 9.47 Å². The molecule has 3 rings (SSSR count). The number of amides is 1. The summed E-state index contributed by atoms with van der Waals surface area (Å²) in [7, 11) is 4.43. The van der Waals surface area contributed by atoms with Gasteiger partial charge < -0.3 is 19.1 Å². The first-order valence-corrected chi connectivity index (χ1v) is 9.15. The third kappa shape index (κ3) is 4.02. The number of ether oxygens (including phenoxy) is 3. The number of methoxy groups -OCH3 is 3. The number of rotatable bonds is 5. The van der Waals surface area contributed by atoms with Crippen molar-refractivity contribution >= 4 is 11.9 Å². The van der Waals surface area contributed by atoms with E-state index in [1.807, 2.05) is 18.2 Å². The summed E-state index contributed by atoms with van der Waals surface area (Å²) in [6.07, 6.45) is 0.625. The highest BCUT2D eigenvalue weighted by atomic mass is 16.5. The van der Waals surface area contributed by atoms with Crippen molar-refractivity contribution in [2.45, 2.75) is 18.9 Å². The molecule has 0 N–H and O–H groups in total. The maximum Gasteiger partial charge on any atom is 0.307 e. The third-order valence-electron chi connectivity index (χ3n) is 5.09. The first-order valence-electron chi connectivity index (χ1n) is 9.15. The van der Waals surface area contributed by atoms with Gasteiger partial charge in [-0.1, -0.05) is 6.07 Å². The van der Waals surface area contributed by atoms with Gasteiger partial charge in [0.2, 0.25) is 0 Å². The number of nitrogens with zero attached hydrogens (tertiary/aromatic N) is 2. The molecule has 1 unspecified atom stereocenters. The highest BCUT2D eigenvalue weighted by Crippen LogP contribution is 2.40. The van der Waals surface area contributed by atoms with E-state index in [0.717, 1.165) is 11.1 Å². The molecule has 0 radical (unpaired) electrons. The number of hydrogen-bond donors (Lipinski definition) is 0. The average molecular weight is 394 g/mol. The monoisotopic (exact) mass is 394 g/mol. The smallest absolute Gasteiger partial charge is 0.307 e. The Morgan fingerprint density at radius 1 is 1.14 bits per heavy atom. The van der Waals surface area contributed by atoms with E-state index in [0.29, 0.717) is 35.6 Å². The molecule has 0 saturated heterocycles. The molecule has 0 aliphatic carbocycles. The minimum atomic E-state index is -0.510. The predicted octanol–water partition coefficient (Wildman–Crippen LogP) is 2.88. The van der Waals surface area contributed by atoms with Crippen molar-refractivity contribution in [1.29, 1.82) is 5.26 Å². The summed E-state index contributed by atoms with van der Waals surface area (Å²) < 4.78 is 15.7. The van der Waals surface area contributed by atoms with E-state index in [9.17, 15) is 9.59 Å². The Labute approximate surface area is 169 Å². The van der Waals surface area contributed by atoms with Crippen LogP contribution >= 0.6 is 0 Å². The zero-order valence-electron chi connectivity index (χ0n) is 16.6. The van der Waals surface area contributed by atoms with Gasteiger partial charge in [-0.25, -0.2) is 0 Å². The Kier molecular flexibility index (Phi) is 6.03. The van der Waals surface area contributed by atoms with Crippen molar-refractivity contribution in [3.05, 3.63) is 58.7 Å². The molecule has 2 aromatic carbocycles. The highest BCUT2D eigenvalue weighted by molar-refractivity contribution is 5.95. The third-order valence-corrected chi connectivity index (χ3v) is 5.09. The number of fused-ring (bicyclic) bond motifs is 1. The summed E-state index contributed by atoms with van der Waals surface area (Å²) in [5.41, 5.74) is 2.63. The molecular weight excluding hydrogens is 372 g/mol.